The summed E-state index contributed by atoms with van der Waals surface area (Å²) in [6.07, 6.45) is 7.77. The zero-order valence-electron chi connectivity index (χ0n) is 20.8. The first-order chi connectivity index (χ1) is 16.4. The van der Waals surface area contributed by atoms with E-state index in [9.17, 15) is 9.59 Å². The highest BCUT2D eigenvalue weighted by molar-refractivity contribution is 5.93. The number of para-hydroxylation sites is 1. The van der Waals surface area contributed by atoms with Crippen LogP contribution in [0.4, 0.5) is 5.69 Å². The van der Waals surface area contributed by atoms with E-state index in [1.807, 2.05) is 38.1 Å². The van der Waals surface area contributed by atoms with Gasteiger partial charge in [-0.05, 0) is 50.7 Å². The summed E-state index contributed by atoms with van der Waals surface area (Å²) < 4.78 is 0.629. The number of nitrogens with one attached hydrogen (secondary N) is 2. The Morgan fingerprint density at radius 3 is 2.29 bits per heavy atom. The summed E-state index contributed by atoms with van der Waals surface area (Å²) in [5.41, 5.74) is 4.28. The molecule has 2 aromatic rings. The largest absolute Gasteiger partial charge is 0.353 e. The van der Waals surface area contributed by atoms with Gasteiger partial charge < -0.3 is 15.1 Å². The van der Waals surface area contributed by atoms with Crippen LogP contribution in [0.5, 0.6) is 0 Å². The molecule has 5 nitrogen and oxygen atoms in total. The number of benzene rings is 2. The second-order valence-electron chi connectivity index (χ2n) is 10.5. The number of aryl methyl sites for hydroxylation is 2. The number of carbonyl (C=O) groups excluding carboxylic acids is 2. The number of hydrogen-bond acceptors (Lipinski definition) is 2. The van der Waals surface area contributed by atoms with Crippen LogP contribution in [0, 0.1) is 19.8 Å². The van der Waals surface area contributed by atoms with Crippen molar-refractivity contribution in [3.63, 3.8) is 0 Å². The normalized spacial score (nSPS) is 23.3. The number of anilines is 1. The summed E-state index contributed by atoms with van der Waals surface area (Å²) >= 11 is 0. The molecule has 2 aliphatic rings. The Balaban J connectivity index is 1.50. The monoisotopic (exact) mass is 462 g/mol. The molecule has 2 fully saturated rings. The third-order valence-electron chi connectivity index (χ3n) is 7.70. The van der Waals surface area contributed by atoms with Gasteiger partial charge in [-0.15, -0.1) is 0 Å². The van der Waals surface area contributed by atoms with Crippen molar-refractivity contribution in [3.05, 3.63) is 65.2 Å². The van der Waals surface area contributed by atoms with E-state index in [4.69, 9.17) is 0 Å². The van der Waals surface area contributed by atoms with E-state index in [2.05, 4.69) is 34.9 Å². The smallest absolute Gasteiger partial charge is 0.279 e. The molecular weight excluding hydrogens is 422 g/mol. The number of carbonyl (C=O) groups is 2. The SMILES string of the molecule is Cc1cccc(C)c1NC(=O)C[N+]1(Cc2ccccc2)CCCC(C(=O)NC2CCCCC2)C1. The predicted octanol–water partition coefficient (Wildman–Crippen LogP) is 5.12. The molecule has 4 rings (SSSR count). The summed E-state index contributed by atoms with van der Waals surface area (Å²) in [6.45, 7) is 6.85. The third-order valence-corrected chi connectivity index (χ3v) is 7.70. The maximum absolute atomic E-state index is 13.3. The van der Waals surface area contributed by atoms with E-state index in [1.165, 1.54) is 24.8 Å². The minimum Gasteiger partial charge on any atom is -0.353 e. The van der Waals surface area contributed by atoms with Crippen LogP contribution in [0.1, 0.15) is 61.6 Å². The Morgan fingerprint density at radius 1 is 0.882 bits per heavy atom. The molecule has 1 heterocycles. The summed E-state index contributed by atoms with van der Waals surface area (Å²) in [5.74, 6) is 0.186. The van der Waals surface area contributed by atoms with Crippen LogP contribution in [-0.4, -0.2) is 42.0 Å². The highest BCUT2D eigenvalue weighted by atomic mass is 16.2. The average Bonchev–Trinajstić information content (AvgIpc) is 2.83. The van der Waals surface area contributed by atoms with Crippen molar-refractivity contribution < 1.29 is 14.1 Å². The molecule has 2 amide bonds. The van der Waals surface area contributed by atoms with Crippen LogP contribution >= 0.6 is 0 Å². The molecule has 182 valence electrons. The fourth-order valence-electron chi connectivity index (χ4n) is 5.91. The lowest BCUT2D eigenvalue weighted by Crippen LogP contribution is -2.59. The summed E-state index contributed by atoms with van der Waals surface area (Å²) in [7, 11) is 0. The van der Waals surface area contributed by atoms with Crippen molar-refractivity contribution in [2.24, 2.45) is 5.92 Å². The molecule has 0 radical (unpaired) electrons. The summed E-state index contributed by atoms with van der Waals surface area (Å²) in [5, 5.41) is 6.54. The molecule has 0 spiro atoms. The van der Waals surface area contributed by atoms with Crippen LogP contribution in [0.15, 0.2) is 48.5 Å². The van der Waals surface area contributed by atoms with Gasteiger partial charge in [0.15, 0.2) is 6.54 Å². The van der Waals surface area contributed by atoms with Gasteiger partial charge in [-0.1, -0.05) is 67.8 Å². The number of rotatable bonds is 7. The fraction of sp³-hybridized carbons (Fsp3) is 0.517. The molecule has 0 aromatic heterocycles. The Morgan fingerprint density at radius 2 is 1.59 bits per heavy atom. The molecule has 1 aliphatic carbocycles. The summed E-state index contributed by atoms with van der Waals surface area (Å²) in [6, 6.07) is 16.8. The van der Waals surface area contributed by atoms with Gasteiger partial charge in [0, 0.05) is 17.3 Å². The molecule has 1 saturated carbocycles. The zero-order chi connectivity index (χ0) is 24.0. The number of nitrogens with zero attached hydrogens (tertiary/aromatic N) is 1. The standard InChI is InChI=1S/C29H39N3O2/c1-22-11-9-12-23(2)28(22)31-27(33)21-32(19-24-13-5-3-6-14-24)18-10-15-25(20-32)29(34)30-26-16-7-4-8-17-26/h3,5-6,9,11-14,25-26H,4,7-8,10,15-21H2,1-2H3,(H-,30,31,33,34)/p+1. The lowest BCUT2D eigenvalue weighted by molar-refractivity contribution is -0.940. The lowest BCUT2D eigenvalue weighted by Gasteiger charge is -2.44. The Bertz CT molecular complexity index is 964. The van der Waals surface area contributed by atoms with E-state index >= 15 is 0 Å². The minimum absolute atomic E-state index is 0.0293. The Hall–Kier alpha value is -2.66. The van der Waals surface area contributed by atoms with E-state index in [0.717, 1.165) is 55.6 Å². The average molecular weight is 463 g/mol. The number of hydrogen-bond donors (Lipinski definition) is 2. The first kappa shape index (κ1) is 24.5. The van der Waals surface area contributed by atoms with Crippen molar-refractivity contribution in [1.29, 1.82) is 0 Å². The fourth-order valence-corrected chi connectivity index (χ4v) is 5.91. The number of amides is 2. The molecule has 2 unspecified atom stereocenters. The first-order valence-corrected chi connectivity index (χ1v) is 13.0. The highest BCUT2D eigenvalue weighted by Crippen LogP contribution is 2.28. The van der Waals surface area contributed by atoms with Crippen molar-refractivity contribution in [2.75, 3.05) is 25.0 Å². The Kier molecular flexibility index (Phi) is 8.04. The molecule has 5 heteroatoms. The van der Waals surface area contributed by atoms with Crippen molar-refractivity contribution in [1.82, 2.24) is 5.32 Å². The molecular formula is C29H40N3O2+. The molecule has 1 aliphatic heterocycles. The maximum Gasteiger partial charge on any atom is 0.279 e. The molecule has 1 saturated heterocycles. The predicted molar refractivity (Wildman–Crippen MR) is 137 cm³/mol. The minimum atomic E-state index is -0.0348. The van der Waals surface area contributed by atoms with Crippen molar-refractivity contribution in [2.45, 2.75) is 71.4 Å². The van der Waals surface area contributed by atoms with Crippen LogP contribution in [0.2, 0.25) is 0 Å². The van der Waals surface area contributed by atoms with E-state index < -0.39 is 0 Å². The van der Waals surface area contributed by atoms with Gasteiger partial charge in [-0.2, -0.15) is 0 Å². The molecule has 0 bridgehead atoms. The van der Waals surface area contributed by atoms with Crippen molar-refractivity contribution in [3.8, 4) is 0 Å². The maximum atomic E-state index is 13.3. The van der Waals surface area contributed by atoms with Gasteiger partial charge in [0.05, 0.1) is 19.0 Å². The van der Waals surface area contributed by atoms with Gasteiger partial charge in [0.25, 0.3) is 5.91 Å². The van der Waals surface area contributed by atoms with Crippen LogP contribution in [0.3, 0.4) is 0 Å². The molecule has 2 N–H and O–H groups in total. The second kappa shape index (κ2) is 11.2. The number of piperidine rings is 1. The zero-order valence-corrected chi connectivity index (χ0v) is 20.8. The van der Waals surface area contributed by atoms with Gasteiger partial charge in [0.2, 0.25) is 5.91 Å². The highest BCUT2D eigenvalue weighted by Gasteiger charge is 2.40. The van der Waals surface area contributed by atoms with Crippen molar-refractivity contribution >= 4 is 17.5 Å². The topological polar surface area (TPSA) is 58.2 Å². The third kappa shape index (κ3) is 6.26. The van der Waals surface area contributed by atoms with Gasteiger partial charge >= 0.3 is 0 Å². The van der Waals surface area contributed by atoms with Crippen LogP contribution in [-0.2, 0) is 16.1 Å². The molecule has 2 atom stereocenters. The van der Waals surface area contributed by atoms with E-state index in [1.54, 1.807) is 0 Å². The quantitative estimate of drug-likeness (QED) is 0.561. The summed E-state index contributed by atoms with van der Waals surface area (Å²) in [4.78, 5) is 26.6. The van der Waals surface area contributed by atoms with Crippen LogP contribution < -0.4 is 10.6 Å². The Labute approximate surface area is 204 Å². The second-order valence-corrected chi connectivity index (χ2v) is 10.5. The van der Waals surface area contributed by atoms with Gasteiger partial charge in [0.1, 0.15) is 6.54 Å². The van der Waals surface area contributed by atoms with Crippen LogP contribution in [0.25, 0.3) is 0 Å². The molecule has 2 aromatic carbocycles. The van der Waals surface area contributed by atoms with Gasteiger partial charge in [-0.3, -0.25) is 9.59 Å². The van der Waals surface area contributed by atoms with E-state index in [0.29, 0.717) is 23.6 Å². The van der Waals surface area contributed by atoms with E-state index in [-0.39, 0.29) is 17.7 Å². The lowest BCUT2D eigenvalue weighted by atomic mass is 9.91. The van der Waals surface area contributed by atoms with Gasteiger partial charge in [-0.25, -0.2) is 0 Å². The first-order valence-electron chi connectivity index (χ1n) is 13.0. The number of likely N-dealkylation sites (tertiary alicyclic amines) is 1. The molecule has 34 heavy (non-hydrogen) atoms. The number of quaternary nitrogens is 1.